The maximum atomic E-state index is 11.3. The van der Waals surface area contributed by atoms with Gasteiger partial charge < -0.3 is 9.84 Å². The molecule has 1 fully saturated rings. The predicted molar refractivity (Wildman–Crippen MR) is 65.4 cm³/mol. The van der Waals surface area contributed by atoms with E-state index in [1.165, 1.54) is 0 Å². The van der Waals surface area contributed by atoms with E-state index in [4.69, 9.17) is 16.3 Å². The molecule has 2 rings (SSSR count). The Hall–Kier alpha value is -1.06. The molecule has 0 bridgehead atoms. The standard InChI is InChI=1S/C13H15ClO3/c1-2-11(12(15)16)13(7-17-8-13)9-4-3-5-10(14)6-9/h3-6,11H,2,7-8H2,1H3,(H,15,16). The van der Waals surface area contributed by atoms with Gasteiger partial charge in [0.1, 0.15) is 0 Å². The number of carbonyl (C=O) groups is 1. The Balaban J connectivity index is 2.40. The van der Waals surface area contributed by atoms with Crippen molar-refractivity contribution in [2.24, 2.45) is 5.92 Å². The molecule has 1 unspecified atom stereocenters. The highest BCUT2D eigenvalue weighted by molar-refractivity contribution is 6.30. The van der Waals surface area contributed by atoms with Crippen molar-refractivity contribution in [3.63, 3.8) is 0 Å². The van der Waals surface area contributed by atoms with Crippen LogP contribution in [0, 0.1) is 5.92 Å². The molecule has 0 aliphatic carbocycles. The van der Waals surface area contributed by atoms with Crippen LogP contribution in [-0.4, -0.2) is 24.3 Å². The van der Waals surface area contributed by atoms with Gasteiger partial charge in [0.05, 0.1) is 24.5 Å². The van der Waals surface area contributed by atoms with Crippen LogP contribution in [0.15, 0.2) is 24.3 Å². The molecule has 1 atom stereocenters. The molecule has 0 saturated carbocycles. The number of benzene rings is 1. The van der Waals surface area contributed by atoms with Crippen LogP contribution in [0.1, 0.15) is 18.9 Å². The predicted octanol–water partition coefficient (Wildman–Crippen LogP) is 2.72. The fourth-order valence-electron chi connectivity index (χ4n) is 2.49. The van der Waals surface area contributed by atoms with Crippen LogP contribution in [0.4, 0.5) is 0 Å². The molecule has 1 heterocycles. The van der Waals surface area contributed by atoms with E-state index in [2.05, 4.69) is 0 Å². The molecule has 92 valence electrons. The minimum atomic E-state index is -0.768. The molecule has 1 saturated heterocycles. The third-order valence-corrected chi connectivity index (χ3v) is 3.73. The first-order valence-corrected chi connectivity index (χ1v) is 6.04. The molecule has 1 aromatic carbocycles. The molecule has 1 aliphatic heterocycles. The third-order valence-electron chi connectivity index (χ3n) is 3.49. The number of carboxylic acids is 1. The van der Waals surface area contributed by atoms with Gasteiger partial charge in [0.25, 0.3) is 0 Å². The monoisotopic (exact) mass is 254 g/mol. The van der Waals surface area contributed by atoms with Crippen molar-refractivity contribution in [1.82, 2.24) is 0 Å². The highest BCUT2D eigenvalue weighted by Gasteiger charge is 2.49. The van der Waals surface area contributed by atoms with Gasteiger partial charge in [-0.15, -0.1) is 0 Å². The van der Waals surface area contributed by atoms with E-state index in [9.17, 15) is 9.90 Å². The smallest absolute Gasteiger partial charge is 0.307 e. The van der Waals surface area contributed by atoms with E-state index < -0.39 is 17.3 Å². The van der Waals surface area contributed by atoms with Crippen LogP contribution in [0.2, 0.25) is 5.02 Å². The average Bonchev–Trinajstić information content (AvgIpc) is 2.22. The summed E-state index contributed by atoms with van der Waals surface area (Å²) < 4.78 is 5.26. The van der Waals surface area contributed by atoms with Gasteiger partial charge in [0.2, 0.25) is 0 Å². The molecule has 0 amide bonds. The van der Waals surface area contributed by atoms with Gasteiger partial charge in [-0.2, -0.15) is 0 Å². The molecular formula is C13H15ClO3. The molecule has 1 aliphatic rings. The number of hydrogen-bond donors (Lipinski definition) is 1. The van der Waals surface area contributed by atoms with Gasteiger partial charge in [-0.1, -0.05) is 30.7 Å². The van der Waals surface area contributed by atoms with Crippen LogP contribution in [0.25, 0.3) is 0 Å². The highest BCUT2D eigenvalue weighted by Crippen LogP contribution is 2.41. The minimum Gasteiger partial charge on any atom is -0.481 e. The molecule has 0 aromatic heterocycles. The summed E-state index contributed by atoms with van der Waals surface area (Å²) in [5.41, 5.74) is 0.552. The van der Waals surface area contributed by atoms with Crippen LogP contribution in [-0.2, 0) is 14.9 Å². The Kier molecular flexibility index (Phi) is 3.40. The Morgan fingerprint density at radius 1 is 1.59 bits per heavy atom. The lowest BCUT2D eigenvalue weighted by molar-refractivity contribution is -0.157. The number of hydrogen-bond acceptors (Lipinski definition) is 2. The number of rotatable bonds is 4. The fourth-order valence-corrected chi connectivity index (χ4v) is 2.68. The first-order chi connectivity index (χ1) is 8.10. The highest BCUT2D eigenvalue weighted by atomic mass is 35.5. The maximum absolute atomic E-state index is 11.3. The van der Waals surface area contributed by atoms with Gasteiger partial charge in [0, 0.05) is 5.02 Å². The van der Waals surface area contributed by atoms with Crippen molar-refractivity contribution in [3.8, 4) is 0 Å². The van der Waals surface area contributed by atoms with E-state index >= 15 is 0 Å². The van der Waals surface area contributed by atoms with E-state index in [0.717, 1.165) is 5.56 Å². The average molecular weight is 255 g/mol. The molecule has 0 spiro atoms. The lowest BCUT2D eigenvalue weighted by Gasteiger charge is -2.45. The van der Waals surface area contributed by atoms with Crippen LogP contribution >= 0.6 is 11.6 Å². The van der Waals surface area contributed by atoms with E-state index in [1.807, 2.05) is 25.1 Å². The molecule has 4 heteroatoms. The Morgan fingerprint density at radius 3 is 2.71 bits per heavy atom. The second-order valence-corrected chi connectivity index (χ2v) is 4.89. The summed E-state index contributed by atoms with van der Waals surface area (Å²) in [6, 6.07) is 7.42. The maximum Gasteiger partial charge on any atom is 0.307 e. The zero-order chi connectivity index (χ0) is 12.5. The normalized spacial score (nSPS) is 19.4. The van der Waals surface area contributed by atoms with Crippen molar-refractivity contribution in [1.29, 1.82) is 0 Å². The molecule has 17 heavy (non-hydrogen) atoms. The van der Waals surface area contributed by atoms with Crippen molar-refractivity contribution in [2.75, 3.05) is 13.2 Å². The fraction of sp³-hybridized carbons (Fsp3) is 0.462. The summed E-state index contributed by atoms with van der Waals surface area (Å²) in [7, 11) is 0. The van der Waals surface area contributed by atoms with Gasteiger partial charge in [-0.05, 0) is 24.1 Å². The number of halogens is 1. The van der Waals surface area contributed by atoms with E-state index in [0.29, 0.717) is 24.7 Å². The summed E-state index contributed by atoms with van der Waals surface area (Å²) in [6.45, 7) is 2.81. The first kappa shape index (κ1) is 12.4. The summed E-state index contributed by atoms with van der Waals surface area (Å²) in [6.07, 6.45) is 0.588. The van der Waals surface area contributed by atoms with Crippen molar-refractivity contribution < 1.29 is 14.6 Å². The second-order valence-electron chi connectivity index (χ2n) is 4.46. The van der Waals surface area contributed by atoms with E-state index in [-0.39, 0.29) is 0 Å². The largest absolute Gasteiger partial charge is 0.481 e. The Bertz CT molecular complexity index is 426. The van der Waals surface area contributed by atoms with Gasteiger partial charge >= 0.3 is 5.97 Å². The molecule has 0 radical (unpaired) electrons. The van der Waals surface area contributed by atoms with Crippen molar-refractivity contribution >= 4 is 17.6 Å². The van der Waals surface area contributed by atoms with Crippen molar-refractivity contribution in [2.45, 2.75) is 18.8 Å². The number of carboxylic acid groups (broad SMARTS) is 1. The van der Waals surface area contributed by atoms with Gasteiger partial charge in [-0.3, -0.25) is 4.79 Å². The zero-order valence-electron chi connectivity index (χ0n) is 9.65. The Morgan fingerprint density at radius 2 is 2.29 bits per heavy atom. The quantitative estimate of drug-likeness (QED) is 0.899. The second kappa shape index (κ2) is 4.67. The van der Waals surface area contributed by atoms with Crippen LogP contribution < -0.4 is 0 Å². The summed E-state index contributed by atoms with van der Waals surface area (Å²) in [5.74, 6) is -1.19. The summed E-state index contributed by atoms with van der Waals surface area (Å²) in [5, 5.41) is 9.95. The van der Waals surface area contributed by atoms with Gasteiger partial charge in [-0.25, -0.2) is 0 Å². The number of aliphatic carboxylic acids is 1. The first-order valence-electron chi connectivity index (χ1n) is 5.67. The summed E-state index contributed by atoms with van der Waals surface area (Å²) in [4.78, 5) is 11.3. The lowest BCUT2D eigenvalue weighted by Crippen LogP contribution is -2.54. The minimum absolute atomic E-state index is 0.411. The van der Waals surface area contributed by atoms with E-state index in [1.54, 1.807) is 6.07 Å². The Labute approximate surface area is 105 Å². The molecule has 3 nitrogen and oxygen atoms in total. The zero-order valence-corrected chi connectivity index (χ0v) is 10.4. The van der Waals surface area contributed by atoms with Crippen LogP contribution in [0.3, 0.4) is 0 Å². The lowest BCUT2D eigenvalue weighted by atomic mass is 9.67. The number of ether oxygens (including phenoxy) is 1. The third kappa shape index (κ3) is 2.05. The van der Waals surface area contributed by atoms with Crippen LogP contribution in [0.5, 0.6) is 0 Å². The SMILES string of the molecule is CCC(C(=O)O)C1(c2cccc(Cl)c2)COC1. The molecule has 1 aromatic rings. The molecular weight excluding hydrogens is 240 g/mol. The topological polar surface area (TPSA) is 46.5 Å². The van der Waals surface area contributed by atoms with Crippen molar-refractivity contribution in [3.05, 3.63) is 34.9 Å². The van der Waals surface area contributed by atoms with Gasteiger partial charge in [0.15, 0.2) is 0 Å². The summed E-state index contributed by atoms with van der Waals surface area (Å²) >= 11 is 5.97. The molecule has 1 N–H and O–H groups in total.